The largest absolute Gasteiger partial charge is 0.382 e. The van der Waals surface area contributed by atoms with Gasteiger partial charge in [0.2, 0.25) is 0 Å². The van der Waals surface area contributed by atoms with Crippen LogP contribution in [0.3, 0.4) is 0 Å². The Morgan fingerprint density at radius 1 is 1.15 bits per heavy atom. The summed E-state index contributed by atoms with van der Waals surface area (Å²) in [6.45, 7) is 1.19. The maximum absolute atomic E-state index is 6.19. The van der Waals surface area contributed by atoms with Crippen LogP contribution in [-0.2, 0) is 0 Å². The third kappa shape index (κ3) is 3.32. The summed E-state index contributed by atoms with van der Waals surface area (Å²) in [4.78, 5) is 0. The van der Waals surface area contributed by atoms with Crippen molar-refractivity contribution >= 4 is 33.2 Å². The normalized spacial score (nSPS) is 30.4. The first kappa shape index (κ1) is 14.7. The van der Waals surface area contributed by atoms with Crippen LogP contribution in [0.25, 0.3) is 0 Å². The highest BCUT2D eigenvalue weighted by atomic mass is 79.9. The Morgan fingerprint density at radius 3 is 2.80 bits per heavy atom. The molecule has 20 heavy (non-hydrogen) atoms. The van der Waals surface area contributed by atoms with Crippen molar-refractivity contribution in [1.29, 1.82) is 0 Å². The first-order chi connectivity index (χ1) is 9.74. The highest BCUT2D eigenvalue weighted by Gasteiger charge is 2.34. The van der Waals surface area contributed by atoms with Gasteiger partial charge in [0, 0.05) is 22.2 Å². The summed E-state index contributed by atoms with van der Waals surface area (Å²) in [6.07, 6.45) is 8.01. The molecular weight excluding hydrogens is 336 g/mol. The van der Waals surface area contributed by atoms with Crippen LogP contribution in [0.5, 0.6) is 0 Å². The van der Waals surface area contributed by atoms with Crippen LogP contribution < -0.4 is 10.6 Å². The predicted molar refractivity (Wildman–Crippen MR) is 89.5 cm³/mol. The Kier molecular flexibility index (Phi) is 4.90. The molecule has 1 aromatic carbocycles. The molecule has 0 spiro atoms. The molecular formula is C16H22BrClN2. The summed E-state index contributed by atoms with van der Waals surface area (Å²) < 4.78 is 0.960. The van der Waals surface area contributed by atoms with Crippen molar-refractivity contribution in [2.45, 2.75) is 50.6 Å². The Hall–Kier alpha value is -0.250. The summed E-state index contributed by atoms with van der Waals surface area (Å²) in [5.41, 5.74) is 1.14. The number of hydrogen-bond donors (Lipinski definition) is 2. The lowest BCUT2D eigenvalue weighted by atomic mass is 9.88. The molecule has 0 amide bonds. The SMILES string of the molecule is Clc1cc(NC2CCCC2C2CCCCN2)ccc1Br. The lowest BCUT2D eigenvalue weighted by Gasteiger charge is -2.33. The van der Waals surface area contributed by atoms with Gasteiger partial charge in [0.1, 0.15) is 0 Å². The van der Waals surface area contributed by atoms with E-state index in [9.17, 15) is 0 Å². The fourth-order valence-corrected chi connectivity index (χ4v) is 4.12. The molecule has 1 aliphatic carbocycles. The molecule has 2 fully saturated rings. The zero-order valence-electron chi connectivity index (χ0n) is 11.7. The van der Waals surface area contributed by atoms with E-state index in [4.69, 9.17) is 11.6 Å². The smallest absolute Gasteiger partial charge is 0.0568 e. The van der Waals surface area contributed by atoms with Crippen molar-refractivity contribution in [2.24, 2.45) is 5.92 Å². The molecule has 2 nitrogen and oxygen atoms in total. The average molecular weight is 358 g/mol. The van der Waals surface area contributed by atoms with Gasteiger partial charge in [-0.05, 0) is 72.3 Å². The fraction of sp³-hybridized carbons (Fsp3) is 0.625. The van der Waals surface area contributed by atoms with Crippen LogP contribution in [-0.4, -0.2) is 18.6 Å². The molecule has 2 N–H and O–H groups in total. The third-order valence-corrected chi connectivity index (χ3v) is 5.94. The van der Waals surface area contributed by atoms with Crippen LogP contribution in [0, 0.1) is 5.92 Å². The van der Waals surface area contributed by atoms with Gasteiger partial charge < -0.3 is 10.6 Å². The molecule has 3 rings (SSSR count). The Labute approximate surface area is 134 Å². The standard InChI is InChI=1S/C16H22BrClN2/c17-13-8-7-11(10-14(13)18)20-16-6-3-4-12(16)15-5-1-2-9-19-15/h7-8,10,12,15-16,19-20H,1-6,9H2. The third-order valence-electron chi connectivity index (χ3n) is 4.71. The van der Waals surface area contributed by atoms with Crippen LogP contribution in [0.15, 0.2) is 22.7 Å². The van der Waals surface area contributed by atoms with E-state index < -0.39 is 0 Å². The Morgan fingerprint density at radius 2 is 2.05 bits per heavy atom. The van der Waals surface area contributed by atoms with Gasteiger partial charge in [-0.15, -0.1) is 0 Å². The van der Waals surface area contributed by atoms with Crippen molar-refractivity contribution in [3.8, 4) is 0 Å². The van der Waals surface area contributed by atoms with Gasteiger partial charge in [-0.2, -0.15) is 0 Å². The van der Waals surface area contributed by atoms with Gasteiger partial charge in [-0.3, -0.25) is 0 Å². The van der Waals surface area contributed by atoms with E-state index in [0.717, 1.165) is 21.1 Å². The minimum atomic E-state index is 0.586. The number of piperidine rings is 1. The van der Waals surface area contributed by atoms with Gasteiger partial charge >= 0.3 is 0 Å². The average Bonchev–Trinajstić information content (AvgIpc) is 2.92. The molecule has 0 radical (unpaired) electrons. The second-order valence-corrected chi connectivity index (χ2v) is 7.29. The summed E-state index contributed by atoms with van der Waals surface area (Å²) in [5, 5.41) is 8.21. The number of halogens is 2. The number of anilines is 1. The highest BCUT2D eigenvalue weighted by Crippen LogP contribution is 2.34. The molecule has 1 heterocycles. The summed E-state index contributed by atoms with van der Waals surface area (Å²) in [6, 6.07) is 7.44. The zero-order valence-corrected chi connectivity index (χ0v) is 14.0. The second-order valence-electron chi connectivity index (χ2n) is 6.03. The number of nitrogens with one attached hydrogen (secondary N) is 2. The lowest BCUT2D eigenvalue weighted by molar-refractivity contribution is 0.286. The topological polar surface area (TPSA) is 24.1 Å². The monoisotopic (exact) mass is 356 g/mol. The molecule has 2 aliphatic rings. The van der Waals surface area contributed by atoms with Gasteiger partial charge in [0.15, 0.2) is 0 Å². The van der Waals surface area contributed by atoms with Crippen molar-refractivity contribution < 1.29 is 0 Å². The summed E-state index contributed by atoms with van der Waals surface area (Å²) >= 11 is 9.63. The first-order valence-electron chi connectivity index (χ1n) is 7.69. The Bertz CT molecular complexity index is 460. The second kappa shape index (κ2) is 6.67. The minimum Gasteiger partial charge on any atom is -0.382 e. The highest BCUT2D eigenvalue weighted by molar-refractivity contribution is 9.10. The van der Waals surface area contributed by atoms with E-state index in [1.165, 1.54) is 45.1 Å². The van der Waals surface area contributed by atoms with E-state index >= 15 is 0 Å². The van der Waals surface area contributed by atoms with Crippen LogP contribution in [0.1, 0.15) is 38.5 Å². The molecule has 110 valence electrons. The van der Waals surface area contributed by atoms with Crippen LogP contribution in [0.2, 0.25) is 5.02 Å². The molecule has 0 bridgehead atoms. The molecule has 1 aliphatic heterocycles. The van der Waals surface area contributed by atoms with Crippen molar-refractivity contribution in [1.82, 2.24) is 5.32 Å². The molecule has 1 saturated carbocycles. The summed E-state index contributed by atoms with van der Waals surface area (Å²) in [7, 11) is 0. The van der Waals surface area contributed by atoms with Gasteiger partial charge in [-0.25, -0.2) is 0 Å². The quantitative estimate of drug-likeness (QED) is 0.810. The molecule has 3 atom stereocenters. The minimum absolute atomic E-state index is 0.586. The lowest BCUT2D eigenvalue weighted by Crippen LogP contribution is -2.44. The van der Waals surface area contributed by atoms with Gasteiger partial charge in [-0.1, -0.05) is 24.4 Å². The Balaban J connectivity index is 1.67. The fourth-order valence-electron chi connectivity index (χ4n) is 3.69. The van der Waals surface area contributed by atoms with E-state index in [-0.39, 0.29) is 0 Å². The maximum atomic E-state index is 6.19. The van der Waals surface area contributed by atoms with Crippen molar-refractivity contribution in [2.75, 3.05) is 11.9 Å². The van der Waals surface area contributed by atoms with Crippen molar-refractivity contribution in [3.05, 3.63) is 27.7 Å². The summed E-state index contributed by atoms with van der Waals surface area (Å²) in [5.74, 6) is 0.762. The molecule has 4 heteroatoms. The molecule has 3 unspecified atom stereocenters. The zero-order chi connectivity index (χ0) is 13.9. The molecule has 1 aromatic rings. The molecule has 1 saturated heterocycles. The first-order valence-corrected chi connectivity index (χ1v) is 8.86. The van der Waals surface area contributed by atoms with Crippen LogP contribution >= 0.6 is 27.5 Å². The van der Waals surface area contributed by atoms with Crippen molar-refractivity contribution in [3.63, 3.8) is 0 Å². The molecule has 0 aromatic heterocycles. The van der Waals surface area contributed by atoms with Crippen LogP contribution in [0.4, 0.5) is 5.69 Å². The van der Waals surface area contributed by atoms with E-state index in [1.807, 2.05) is 12.1 Å². The van der Waals surface area contributed by atoms with Gasteiger partial charge in [0.25, 0.3) is 0 Å². The van der Waals surface area contributed by atoms with E-state index in [2.05, 4.69) is 32.6 Å². The maximum Gasteiger partial charge on any atom is 0.0568 e. The number of rotatable bonds is 3. The van der Waals surface area contributed by atoms with E-state index in [0.29, 0.717) is 12.1 Å². The van der Waals surface area contributed by atoms with E-state index in [1.54, 1.807) is 0 Å². The predicted octanol–water partition coefficient (Wildman–Crippen LogP) is 4.83. The number of benzene rings is 1. The number of hydrogen-bond acceptors (Lipinski definition) is 2. The van der Waals surface area contributed by atoms with Gasteiger partial charge in [0.05, 0.1) is 5.02 Å².